The monoisotopic (exact) mass is 201 g/mol. The molecule has 0 amide bonds. The van der Waals surface area contributed by atoms with Gasteiger partial charge in [0.15, 0.2) is 0 Å². The minimum Gasteiger partial charge on any atom is -0.412 e. The van der Waals surface area contributed by atoms with Crippen LogP contribution in [0.3, 0.4) is 0 Å². The molecule has 0 unspecified atom stereocenters. The average molecular weight is 202 g/mol. The number of nitrogens with two attached hydrogens (primary N) is 4. The van der Waals surface area contributed by atoms with E-state index in [9.17, 15) is 0 Å². The van der Waals surface area contributed by atoms with Crippen molar-refractivity contribution in [3.8, 4) is 0 Å². The third kappa shape index (κ3) is 82.8. The van der Waals surface area contributed by atoms with Gasteiger partial charge in [0.25, 0.3) is 0 Å². The Morgan fingerprint density at radius 3 is 0.700 bits per heavy atom. The van der Waals surface area contributed by atoms with Gasteiger partial charge in [0.05, 0.1) is 0 Å². The van der Waals surface area contributed by atoms with Crippen molar-refractivity contribution >= 4 is 0 Å². The molecular formula is C4H18CuN4O+2. The molecule has 0 heterocycles. The van der Waals surface area contributed by atoms with Gasteiger partial charge in [0.2, 0.25) is 0 Å². The first-order chi connectivity index (χ1) is 3.83. The van der Waals surface area contributed by atoms with Crippen LogP contribution in [0.15, 0.2) is 0 Å². The summed E-state index contributed by atoms with van der Waals surface area (Å²) in [7, 11) is 0. The van der Waals surface area contributed by atoms with Crippen LogP contribution in [0.1, 0.15) is 0 Å². The van der Waals surface area contributed by atoms with E-state index in [0.717, 1.165) is 0 Å². The summed E-state index contributed by atoms with van der Waals surface area (Å²) >= 11 is 0. The molecule has 0 rings (SSSR count). The van der Waals surface area contributed by atoms with E-state index in [1.165, 1.54) is 0 Å². The molecule has 0 aliphatic rings. The van der Waals surface area contributed by atoms with Crippen molar-refractivity contribution in [2.75, 3.05) is 26.2 Å². The Hall–Kier alpha value is 0.319. The summed E-state index contributed by atoms with van der Waals surface area (Å²) in [5.74, 6) is 0. The van der Waals surface area contributed by atoms with Crippen LogP contribution >= 0.6 is 0 Å². The van der Waals surface area contributed by atoms with E-state index in [1.54, 1.807) is 0 Å². The van der Waals surface area contributed by atoms with Gasteiger partial charge < -0.3 is 28.4 Å². The summed E-state index contributed by atoms with van der Waals surface area (Å²) in [6.45, 7) is 2.39. The maximum Gasteiger partial charge on any atom is 2.00 e. The molecular weight excluding hydrogens is 184 g/mol. The van der Waals surface area contributed by atoms with E-state index in [-0.39, 0.29) is 22.5 Å². The number of rotatable bonds is 2. The van der Waals surface area contributed by atoms with Crippen LogP contribution < -0.4 is 22.9 Å². The molecule has 0 aromatic carbocycles. The summed E-state index contributed by atoms with van der Waals surface area (Å²) in [5.41, 5.74) is 19.6. The van der Waals surface area contributed by atoms with Gasteiger partial charge in [-0.3, -0.25) is 0 Å². The topological polar surface area (TPSA) is 136 Å². The van der Waals surface area contributed by atoms with Crippen LogP contribution in [0.5, 0.6) is 0 Å². The molecule has 5 nitrogen and oxygen atoms in total. The Balaban J connectivity index is -0.0000000300. The Morgan fingerprint density at radius 1 is 0.600 bits per heavy atom. The third-order valence-electron chi connectivity index (χ3n) is 0.333. The maximum atomic E-state index is 4.90. The summed E-state index contributed by atoms with van der Waals surface area (Å²) in [5, 5.41) is 0. The molecule has 0 saturated carbocycles. The van der Waals surface area contributed by atoms with Gasteiger partial charge in [-0.1, -0.05) is 0 Å². The van der Waals surface area contributed by atoms with E-state index in [1.807, 2.05) is 0 Å². The molecule has 0 aromatic heterocycles. The van der Waals surface area contributed by atoms with Gasteiger partial charge in [0, 0.05) is 26.2 Å². The van der Waals surface area contributed by atoms with E-state index in [0.29, 0.717) is 26.2 Å². The first-order valence-corrected chi connectivity index (χ1v) is 2.63. The Kier molecular flexibility index (Phi) is 77.6. The van der Waals surface area contributed by atoms with Gasteiger partial charge in [-0.25, -0.2) is 0 Å². The number of hydrogen-bond donors (Lipinski definition) is 4. The molecule has 0 bridgehead atoms. The van der Waals surface area contributed by atoms with E-state index < -0.39 is 0 Å². The Bertz CT molecular complexity index is 25.2. The van der Waals surface area contributed by atoms with Crippen molar-refractivity contribution in [1.82, 2.24) is 0 Å². The molecule has 1 radical (unpaired) electrons. The van der Waals surface area contributed by atoms with E-state index >= 15 is 0 Å². The summed E-state index contributed by atoms with van der Waals surface area (Å²) in [6.07, 6.45) is 0. The second-order valence-electron chi connectivity index (χ2n) is 1.15. The molecule has 0 aliphatic carbocycles. The van der Waals surface area contributed by atoms with Crippen LogP contribution in [-0.2, 0) is 17.1 Å². The molecule has 0 fully saturated rings. The predicted octanol–water partition coefficient (Wildman–Crippen LogP) is -3.02. The van der Waals surface area contributed by atoms with Crippen molar-refractivity contribution < 1.29 is 22.5 Å². The summed E-state index contributed by atoms with van der Waals surface area (Å²) in [4.78, 5) is 0. The van der Waals surface area contributed by atoms with Crippen LogP contribution in [0.4, 0.5) is 0 Å². The second kappa shape index (κ2) is 34.6. The second-order valence-corrected chi connectivity index (χ2v) is 1.15. The van der Waals surface area contributed by atoms with Gasteiger partial charge >= 0.3 is 17.1 Å². The fraction of sp³-hybridized carbons (Fsp3) is 1.00. The molecule has 10 N–H and O–H groups in total. The van der Waals surface area contributed by atoms with Crippen LogP contribution in [0.25, 0.3) is 0 Å². The Morgan fingerprint density at radius 2 is 0.700 bits per heavy atom. The molecule has 0 atom stereocenters. The molecule has 10 heavy (non-hydrogen) atoms. The van der Waals surface area contributed by atoms with Gasteiger partial charge in [-0.05, 0) is 0 Å². The molecule has 6 heteroatoms. The van der Waals surface area contributed by atoms with Crippen LogP contribution in [0, 0.1) is 0 Å². The normalized spacial score (nSPS) is 6.00. The molecule has 0 spiro atoms. The van der Waals surface area contributed by atoms with Crippen LogP contribution in [0.2, 0.25) is 0 Å². The van der Waals surface area contributed by atoms with Crippen molar-refractivity contribution in [2.45, 2.75) is 0 Å². The zero-order chi connectivity index (χ0) is 6.83. The van der Waals surface area contributed by atoms with E-state index in [2.05, 4.69) is 0 Å². The first-order valence-electron chi connectivity index (χ1n) is 2.63. The fourth-order valence-corrected chi connectivity index (χ4v) is 0. The fourth-order valence-electron chi connectivity index (χ4n) is 0. The SMILES string of the molecule is NCCN.NCCN.O.[Cu+2]. The predicted molar refractivity (Wildman–Crippen MR) is 39.8 cm³/mol. The minimum atomic E-state index is 0. The summed E-state index contributed by atoms with van der Waals surface area (Å²) in [6, 6.07) is 0. The van der Waals surface area contributed by atoms with E-state index in [4.69, 9.17) is 22.9 Å². The largest absolute Gasteiger partial charge is 2.00 e. The van der Waals surface area contributed by atoms with Crippen molar-refractivity contribution in [3.63, 3.8) is 0 Å². The zero-order valence-corrected chi connectivity index (χ0v) is 6.88. The molecule has 0 saturated heterocycles. The third-order valence-corrected chi connectivity index (χ3v) is 0.333. The van der Waals surface area contributed by atoms with Crippen molar-refractivity contribution in [3.05, 3.63) is 0 Å². The maximum absolute atomic E-state index is 4.90. The average Bonchev–Trinajstić information content (AvgIpc) is 1.88. The van der Waals surface area contributed by atoms with Crippen LogP contribution in [-0.4, -0.2) is 31.7 Å². The van der Waals surface area contributed by atoms with Crippen molar-refractivity contribution in [2.24, 2.45) is 22.9 Å². The molecule has 0 aromatic rings. The minimum absolute atomic E-state index is 0. The quantitative estimate of drug-likeness (QED) is 0.354. The summed E-state index contributed by atoms with van der Waals surface area (Å²) < 4.78 is 0. The number of hydrogen-bond acceptors (Lipinski definition) is 4. The Labute approximate surface area is 72.3 Å². The van der Waals surface area contributed by atoms with Crippen molar-refractivity contribution in [1.29, 1.82) is 0 Å². The smallest absolute Gasteiger partial charge is 0.412 e. The van der Waals surface area contributed by atoms with Gasteiger partial charge in [-0.15, -0.1) is 0 Å². The van der Waals surface area contributed by atoms with Gasteiger partial charge in [0.1, 0.15) is 0 Å². The zero-order valence-electron chi connectivity index (χ0n) is 5.94. The molecule has 0 aliphatic heterocycles. The molecule has 69 valence electrons. The first kappa shape index (κ1) is 22.4. The standard InChI is InChI=1S/2C2H8N2.Cu.H2O/c2*3-1-2-4;;/h2*1-4H2;;1H2/q;;+2;. The van der Waals surface area contributed by atoms with Gasteiger partial charge in [-0.2, -0.15) is 0 Å².